The first-order valence-corrected chi connectivity index (χ1v) is 5.39. The van der Waals surface area contributed by atoms with Gasteiger partial charge in [0, 0.05) is 6.04 Å². The highest BCUT2D eigenvalue weighted by atomic mass is 35.5. The van der Waals surface area contributed by atoms with Crippen molar-refractivity contribution in [3.8, 4) is 6.07 Å². The van der Waals surface area contributed by atoms with E-state index in [4.69, 9.17) is 11.0 Å². The molecule has 3 heteroatoms. The second-order valence-corrected chi connectivity index (χ2v) is 4.31. The lowest BCUT2D eigenvalue weighted by atomic mass is 9.98. The maximum absolute atomic E-state index is 8.66. The molecule has 0 aliphatic rings. The van der Waals surface area contributed by atoms with E-state index < -0.39 is 0 Å². The molecule has 0 saturated carbocycles. The number of nitrogens with two attached hydrogens (primary N) is 1. The van der Waals surface area contributed by atoms with Crippen LogP contribution in [-0.2, 0) is 0 Å². The van der Waals surface area contributed by atoms with Crippen LogP contribution in [0.25, 0.3) is 0 Å². The molecule has 1 rings (SSSR count). The molecule has 0 aliphatic carbocycles. The molecule has 0 aromatic heterocycles. The molecule has 0 aliphatic heterocycles. The fraction of sp³-hybridized carbons (Fsp3) is 0.462. The summed E-state index contributed by atoms with van der Waals surface area (Å²) in [5.41, 5.74) is 7.86. The standard InChI is InChI=1S/C13H18N2.ClH/c1-10(2)3-8-13(15)12-6-4-11(9-14)5-7-12;/h4-7,10,13H,3,8,15H2,1-2H3;1H/t13-;/m1./s1. The molecule has 0 radical (unpaired) electrons. The molecule has 0 heterocycles. The monoisotopic (exact) mass is 238 g/mol. The molecule has 88 valence electrons. The average Bonchev–Trinajstić information content (AvgIpc) is 2.26. The number of nitrogens with zero attached hydrogens (tertiary/aromatic N) is 1. The highest BCUT2D eigenvalue weighted by molar-refractivity contribution is 5.85. The van der Waals surface area contributed by atoms with Gasteiger partial charge < -0.3 is 5.73 Å². The molecule has 16 heavy (non-hydrogen) atoms. The Bertz CT molecular complexity index is 338. The third-order valence-electron chi connectivity index (χ3n) is 2.52. The summed E-state index contributed by atoms with van der Waals surface area (Å²) in [4.78, 5) is 0. The second-order valence-electron chi connectivity index (χ2n) is 4.31. The van der Waals surface area contributed by atoms with Crippen molar-refractivity contribution in [1.29, 1.82) is 5.26 Å². The van der Waals surface area contributed by atoms with E-state index in [1.807, 2.05) is 24.3 Å². The van der Waals surface area contributed by atoms with Crippen molar-refractivity contribution in [2.75, 3.05) is 0 Å². The molecule has 1 aromatic carbocycles. The second kappa shape index (κ2) is 7.27. The van der Waals surface area contributed by atoms with Crippen LogP contribution in [0.15, 0.2) is 24.3 Å². The minimum Gasteiger partial charge on any atom is -0.324 e. The zero-order chi connectivity index (χ0) is 11.3. The highest BCUT2D eigenvalue weighted by Gasteiger charge is 2.06. The molecule has 1 aromatic rings. The first-order valence-electron chi connectivity index (χ1n) is 5.39. The first-order chi connectivity index (χ1) is 7.13. The van der Waals surface area contributed by atoms with Crippen molar-refractivity contribution in [3.05, 3.63) is 35.4 Å². The summed E-state index contributed by atoms with van der Waals surface area (Å²) in [5.74, 6) is 0.689. The lowest BCUT2D eigenvalue weighted by molar-refractivity contribution is 0.507. The van der Waals surface area contributed by atoms with E-state index in [1.54, 1.807) is 0 Å². The van der Waals surface area contributed by atoms with Crippen molar-refractivity contribution in [1.82, 2.24) is 0 Å². The third-order valence-corrected chi connectivity index (χ3v) is 2.52. The van der Waals surface area contributed by atoms with Crippen LogP contribution >= 0.6 is 12.4 Å². The zero-order valence-electron chi connectivity index (χ0n) is 9.81. The van der Waals surface area contributed by atoms with Gasteiger partial charge >= 0.3 is 0 Å². The predicted molar refractivity (Wildman–Crippen MR) is 69.4 cm³/mol. The van der Waals surface area contributed by atoms with E-state index in [9.17, 15) is 0 Å². The summed E-state index contributed by atoms with van der Waals surface area (Å²) in [6.45, 7) is 4.40. The van der Waals surface area contributed by atoms with E-state index in [-0.39, 0.29) is 18.4 Å². The fourth-order valence-corrected chi connectivity index (χ4v) is 1.48. The predicted octanol–water partition coefficient (Wildman–Crippen LogP) is 3.42. The number of rotatable bonds is 4. The molecule has 0 fully saturated rings. The fourth-order valence-electron chi connectivity index (χ4n) is 1.48. The molecule has 0 spiro atoms. The normalized spacial score (nSPS) is 11.7. The topological polar surface area (TPSA) is 49.8 Å². The maximum atomic E-state index is 8.66. The minimum atomic E-state index is 0. The summed E-state index contributed by atoms with van der Waals surface area (Å²) in [6.07, 6.45) is 2.14. The third kappa shape index (κ3) is 4.65. The summed E-state index contributed by atoms with van der Waals surface area (Å²) in [7, 11) is 0. The van der Waals surface area contributed by atoms with Crippen LogP contribution in [0.1, 0.15) is 43.9 Å². The van der Waals surface area contributed by atoms with Crippen molar-refractivity contribution < 1.29 is 0 Å². The van der Waals surface area contributed by atoms with Crippen LogP contribution in [0.3, 0.4) is 0 Å². The molecular formula is C13H19ClN2. The minimum absolute atomic E-state index is 0. The Morgan fingerprint density at radius 2 is 1.75 bits per heavy atom. The van der Waals surface area contributed by atoms with E-state index in [0.717, 1.165) is 18.4 Å². The lowest BCUT2D eigenvalue weighted by Gasteiger charge is -2.13. The number of hydrogen-bond donors (Lipinski definition) is 1. The Labute approximate surface area is 104 Å². The van der Waals surface area contributed by atoms with Gasteiger partial charge in [-0.2, -0.15) is 5.26 Å². The first kappa shape index (κ1) is 15.0. The van der Waals surface area contributed by atoms with Crippen LogP contribution in [-0.4, -0.2) is 0 Å². The molecule has 0 bridgehead atoms. The van der Waals surface area contributed by atoms with Gasteiger partial charge in [0.2, 0.25) is 0 Å². The van der Waals surface area contributed by atoms with Crippen molar-refractivity contribution in [2.24, 2.45) is 11.7 Å². The highest BCUT2D eigenvalue weighted by Crippen LogP contribution is 2.18. The zero-order valence-corrected chi connectivity index (χ0v) is 10.6. The SMILES string of the molecule is CC(C)CC[C@@H](N)c1ccc(C#N)cc1.Cl. The van der Waals surface area contributed by atoms with Gasteiger partial charge in [-0.05, 0) is 36.5 Å². The van der Waals surface area contributed by atoms with Gasteiger partial charge in [-0.1, -0.05) is 26.0 Å². The number of halogens is 1. The van der Waals surface area contributed by atoms with Crippen LogP contribution < -0.4 is 5.73 Å². The average molecular weight is 239 g/mol. The van der Waals surface area contributed by atoms with Gasteiger partial charge in [-0.15, -0.1) is 12.4 Å². The molecule has 0 unspecified atom stereocenters. The quantitative estimate of drug-likeness (QED) is 0.874. The Kier molecular flexibility index (Phi) is 6.80. The van der Waals surface area contributed by atoms with Crippen LogP contribution in [0.4, 0.5) is 0 Å². The summed E-state index contributed by atoms with van der Waals surface area (Å²) in [6, 6.07) is 9.74. The number of nitriles is 1. The Morgan fingerprint density at radius 1 is 1.19 bits per heavy atom. The van der Waals surface area contributed by atoms with Gasteiger partial charge in [0.1, 0.15) is 0 Å². The summed E-state index contributed by atoms with van der Waals surface area (Å²) >= 11 is 0. The van der Waals surface area contributed by atoms with Crippen molar-refractivity contribution in [3.63, 3.8) is 0 Å². The van der Waals surface area contributed by atoms with Gasteiger partial charge in [0.15, 0.2) is 0 Å². The van der Waals surface area contributed by atoms with Crippen LogP contribution in [0.2, 0.25) is 0 Å². The molecule has 2 nitrogen and oxygen atoms in total. The van der Waals surface area contributed by atoms with Crippen LogP contribution in [0.5, 0.6) is 0 Å². The largest absolute Gasteiger partial charge is 0.324 e. The van der Waals surface area contributed by atoms with Gasteiger partial charge in [0.25, 0.3) is 0 Å². The Morgan fingerprint density at radius 3 is 2.19 bits per heavy atom. The van der Waals surface area contributed by atoms with Gasteiger partial charge in [-0.3, -0.25) is 0 Å². The molecule has 0 amide bonds. The maximum Gasteiger partial charge on any atom is 0.0991 e. The summed E-state index contributed by atoms with van der Waals surface area (Å²) in [5, 5.41) is 8.66. The van der Waals surface area contributed by atoms with Gasteiger partial charge in [0.05, 0.1) is 11.6 Å². The Balaban J connectivity index is 0.00000225. The number of benzene rings is 1. The molecule has 1 atom stereocenters. The Hall–Kier alpha value is -1.04. The van der Waals surface area contributed by atoms with Crippen molar-refractivity contribution >= 4 is 12.4 Å². The molecule has 0 saturated heterocycles. The lowest BCUT2D eigenvalue weighted by Crippen LogP contribution is -2.11. The van der Waals surface area contributed by atoms with E-state index >= 15 is 0 Å². The van der Waals surface area contributed by atoms with E-state index in [1.165, 1.54) is 0 Å². The van der Waals surface area contributed by atoms with Crippen LogP contribution in [0, 0.1) is 17.2 Å². The summed E-state index contributed by atoms with van der Waals surface area (Å²) < 4.78 is 0. The van der Waals surface area contributed by atoms with Crippen molar-refractivity contribution in [2.45, 2.75) is 32.7 Å². The molecule has 2 N–H and O–H groups in total. The molecular weight excluding hydrogens is 220 g/mol. The van der Waals surface area contributed by atoms with E-state index in [2.05, 4.69) is 19.9 Å². The van der Waals surface area contributed by atoms with Gasteiger partial charge in [-0.25, -0.2) is 0 Å². The van der Waals surface area contributed by atoms with E-state index in [0.29, 0.717) is 11.5 Å². The smallest absolute Gasteiger partial charge is 0.0991 e. The number of hydrogen-bond acceptors (Lipinski definition) is 2.